The van der Waals surface area contributed by atoms with E-state index in [9.17, 15) is 0 Å². The fourth-order valence-corrected chi connectivity index (χ4v) is 0.607. The Morgan fingerprint density at radius 3 is 2.00 bits per heavy atom. The molecule has 0 aliphatic heterocycles. The molecule has 0 fully saturated rings. The molecular formula is C12H20. The van der Waals surface area contributed by atoms with E-state index in [1.165, 1.54) is 5.57 Å². The SMILES string of the molecule is C=C(C)/C=C\C=C(/C)C(C)(C)C. The van der Waals surface area contributed by atoms with E-state index in [1.807, 2.05) is 13.0 Å². The molecule has 0 spiro atoms. The van der Waals surface area contributed by atoms with Gasteiger partial charge in [0, 0.05) is 0 Å². The Balaban J connectivity index is 4.29. The van der Waals surface area contributed by atoms with Crippen LogP contribution in [-0.2, 0) is 0 Å². The van der Waals surface area contributed by atoms with Crippen molar-refractivity contribution in [3.63, 3.8) is 0 Å². The van der Waals surface area contributed by atoms with Crippen LogP contribution in [0.1, 0.15) is 34.6 Å². The lowest BCUT2D eigenvalue weighted by atomic mass is 9.87. The summed E-state index contributed by atoms with van der Waals surface area (Å²) in [6.07, 6.45) is 6.23. The molecule has 0 radical (unpaired) electrons. The summed E-state index contributed by atoms with van der Waals surface area (Å²) in [6, 6.07) is 0. The lowest BCUT2D eigenvalue weighted by molar-refractivity contribution is 0.504. The molecule has 0 heteroatoms. The molecule has 0 atom stereocenters. The van der Waals surface area contributed by atoms with E-state index in [0.29, 0.717) is 0 Å². The van der Waals surface area contributed by atoms with Gasteiger partial charge in [0.2, 0.25) is 0 Å². The highest BCUT2D eigenvalue weighted by molar-refractivity contribution is 5.21. The van der Waals surface area contributed by atoms with Crippen molar-refractivity contribution in [1.29, 1.82) is 0 Å². The Labute approximate surface area is 76.7 Å². The van der Waals surface area contributed by atoms with Gasteiger partial charge in [0.25, 0.3) is 0 Å². The fraction of sp³-hybridized carbons (Fsp3) is 0.500. The van der Waals surface area contributed by atoms with Crippen LogP contribution in [0.2, 0.25) is 0 Å². The van der Waals surface area contributed by atoms with Crippen LogP contribution in [0.5, 0.6) is 0 Å². The normalized spacial score (nSPS) is 13.9. The molecule has 0 aromatic carbocycles. The first-order valence-electron chi connectivity index (χ1n) is 4.35. The second-order valence-electron chi connectivity index (χ2n) is 4.31. The zero-order valence-corrected chi connectivity index (χ0v) is 8.94. The maximum absolute atomic E-state index is 3.80. The number of hydrogen-bond donors (Lipinski definition) is 0. The molecule has 0 unspecified atom stereocenters. The van der Waals surface area contributed by atoms with Gasteiger partial charge < -0.3 is 0 Å². The minimum atomic E-state index is 0.277. The molecule has 0 heterocycles. The predicted octanol–water partition coefficient (Wildman–Crippen LogP) is 4.11. The number of allylic oxidation sites excluding steroid dienone is 5. The third-order valence-electron chi connectivity index (χ3n) is 1.91. The standard InChI is InChI=1S/C12H20/c1-10(2)8-7-9-11(3)12(4,5)6/h7-9H,1H2,2-6H3/b8-7-,11-9+. The Bertz CT molecular complexity index is 209. The molecule has 68 valence electrons. The van der Waals surface area contributed by atoms with Gasteiger partial charge in [0.1, 0.15) is 0 Å². The van der Waals surface area contributed by atoms with Gasteiger partial charge in [0.05, 0.1) is 0 Å². The summed E-state index contributed by atoms with van der Waals surface area (Å²) in [5.41, 5.74) is 2.76. The minimum absolute atomic E-state index is 0.277. The minimum Gasteiger partial charge on any atom is -0.0961 e. The number of hydrogen-bond acceptors (Lipinski definition) is 0. The molecule has 0 aliphatic rings. The van der Waals surface area contributed by atoms with Crippen LogP contribution in [0.25, 0.3) is 0 Å². The predicted molar refractivity (Wildman–Crippen MR) is 57.2 cm³/mol. The Morgan fingerprint density at radius 1 is 1.17 bits per heavy atom. The van der Waals surface area contributed by atoms with Crippen molar-refractivity contribution in [1.82, 2.24) is 0 Å². The molecule has 0 aromatic heterocycles. The van der Waals surface area contributed by atoms with E-state index in [2.05, 4.69) is 46.4 Å². The molecule has 0 saturated carbocycles. The van der Waals surface area contributed by atoms with Crippen molar-refractivity contribution in [3.8, 4) is 0 Å². The molecule has 0 aliphatic carbocycles. The van der Waals surface area contributed by atoms with Gasteiger partial charge >= 0.3 is 0 Å². The van der Waals surface area contributed by atoms with Crippen molar-refractivity contribution in [3.05, 3.63) is 36.0 Å². The summed E-state index contributed by atoms with van der Waals surface area (Å²) in [4.78, 5) is 0. The molecule has 0 nitrogen and oxygen atoms in total. The highest BCUT2D eigenvalue weighted by Crippen LogP contribution is 2.24. The van der Waals surface area contributed by atoms with Crippen LogP contribution >= 0.6 is 0 Å². The van der Waals surface area contributed by atoms with E-state index in [-0.39, 0.29) is 5.41 Å². The summed E-state index contributed by atoms with van der Waals surface area (Å²) in [6.45, 7) is 14.6. The molecule has 12 heavy (non-hydrogen) atoms. The van der Waals surface area contributed by atoms with Gasteiger partial charge in [-0.15, -0.1) is 0 Å². The molecule has 0 amide bonds. The highest BCUT2D eigenvalue weighted by atomic mass is 14.2. The molecule has 0 N–H and O–H groups in total. The van der Waals surface area contributed by atoms with Gasteiger partial charge in [-0.3, -0.25) is 0 Å². The van der Waals surface area contributed by atoms with E-state index in [1.54, 1.807) is 0 Å². The zero-order valence-electron chi connectivity index (χ0n) is 8.94. The summed E-state index contributed by atoms with van der Waals surface area (Å²) in [5.74, 6) is 0. The van der Waals surface area contributed by atoms with E-state index in [4.69, 9.17) is 0 Å². The van der Waals surface area contributed by atoms with Gasteiger partial charge in [-0.25, -0.2) is 0 Å². The van der Waals surface area contributed by atoms with Gasteiger partial charge in [-0.1, -0.05) is 56.7 Å². The van der Waals surface area contributed by atoms with Crippen molar-refractivity contribution < 1.29 is 0 Å². The average molecular weight is 164 g/mol. The zero-order chi connectivity index (χ0) is 9.78. The van der Waals surface area contributed by atoms with E-state index >= 15 is 0 Å². The van der Waals surface area contributed by atoms with Crippen LogP contribution in [0.3, 0.4) is 0 Å². The maximum Gasteiger partial charge on any atom is -0.0173 e. The Morgan fingerprint density at radius 2 is 1.67 bits per heavy atom. The lowest BCUT2D eigenvalue weighted by Gasteiger charge is -2.18. The monoisotopic (exact) mass is 164 g/mol. The Kier molecular flexibility index (Phi) is 4.02. The fourth-order valence-electron chi connectivity index (χ4n) is 0.607. The maximum atomic E-state index is 3.80. The van der Waals surface area contributed by atoms with Crippen molar-refractivity contribution in [2.45, 2.75) is 34.6 Å². The van der Waals surface area contributed by atoms with Gasteiger partial charge in [-0.05, 0) is 19.3 Å². The highest BCUT2D eigenvalue weighted by Gasteiger charge is 2.10. The molecule has 0 aromatic rings. The summed E-state index contributed by atoms with van der Waals surface area (Å²) < 4.78 is 0. The van der Waals surface area contributed by atoms with Gasteiger partial charge in [0.15, 0.2) is 0 Å². The quantitative estimate of drug-likeness (QED) is 0.539. The molecule has 0 saturated heterocycles. The second kappa shape index (κ2) is 4.30. The first-order valence-corrected chi connectivity index (χ1v) is 4.35. The smallest absolute Gasteiger partial charge is 0.0173 e. The van der Waals surface area contributed by atoms with Crippen LogP contribution in [-0.4, -0.2) is 0 Å². The topological polar surface area (TPSA) is 0 Å². The van der Waals surface area contributed by atoms with Crippen molar-refractivity contribution >= 4 is 0 Å². The van der Waals surface area contributed by atoms with E-state index in [0.717, 1.165) is 5.57 Å². The second-order valence-corrected chi connectivity index (χ2v) is 4.31. The molecule has 0 rings (SSSR count). The van der Waals surface area contributed by atoms with Crippen LogP contribution in [0.15, 0.2) is 36.0 Å². The molecular weight excluding hydrogens is 144 g/mol. The van der Waals surface area contributed by atoms with Crippen LogP contribution in [0, 0.1) is 5.41 Å². The molecule has 0 bridgehead atoms. The van der Waals surface area contributed by atoms with E-state index < -0.39 is 0 Å². The lowest BCUT2D eigenvalue weighted by Crippen LogP contribution is -2.05. The van der Waals surface area contributed by atoms with Crippen LogP contribution < -0.4 is 0 Å². The summed E-state index contributed by atoms with van der Waals surface area (Å²) >= 11 is 0. The van der Waals surface area contributed by atoms with Gasteiger partial charge in [-0.2, -0.15) is 0 Å². The van der Waals surface area contributed by atoms with Crippen molar-refractivity contribution in [2.24, 2.45) is 5.41 Å². The van der Waals surface area contributed by atoms with Crippen LogP contribution in [0.4, 0.5) is 0 Å². The third kappa shape index (κ3) is 4.95. The third-order valence-corrected chi connectivity index (χ3v) is 1.91. The summed E-state index contributed by atoms with van der Waals surface area (Å²) in [5, 5.41) is 0. The average Bonchev–Trinajstić information content (AvgIpc) is 1.84. The number of rotatable bonds is 2. The summed E-state index contributed by atoms with van der Waals surface area (Å²) in [7, 11) is 0. The Hall–Kier alpha value is -0.780. The largest absolute Gasteiger partial charge is 0.0961 e. The van der Waals surface area contributed by atoms with Crippen molar-refractivity contribution in [2.75, 3.05) is 0 Å². The first-order chi connectivity index (χ1) is 5.34. The first kappa shape index (κ1) is 11.2.